The van der Waals surface area contributed by atoms with Crippen LogP contribution in [0.4, 0.5) is 0 Å². The van der Waals surface area contributed by atoms with E-state index < -0.39 is 5.66 Å². The number of benzene rings is 1. The molecule has 0 radical (unpaired) electrons. The molecule has 6 heteroatoms. The monoisotopic (exact) mass is 282 g/mol. The number of halogens is 2. The zero-order valence-corrected chi connectivity index (χ0v) is 11.9. The van der Waals surface area contributed by atoms with Crippen molar-refractivity contribution in [3.63, 3.8) is 0 Å². The summed E-state index contributed by atoms with van der Waals surface area (Å²) in [6, 6.07) is 5.60. The van der Waals surface area contributed by atoms with Gasteiger partial charge in [0.15, 0.2) is 0 Å². The Morgan fingerprint density at radius 2 is 1.71 bits per heavy atom. The number of methoxy groups -OCH3 is 2. The molecule has 0 saturated carbocycles. The summed E-state index contributed by atoms with van der Waals surface area (Å²) in [4.78, 5) is 0. The lowest BCUT2D eigenvalue weighted by atomic mass is 10.0. The van der Waals surface area contributed by atoms with E-state index >= 15 is 0 Å². The minimum Gasteiger partial charge on any atom is -0.497 e. The van der Waals surface area contributed by atoms with E-state index in [-0.39, 0.29) is 24.8 Å². The van der Waals surface area contributed by atoms with Gasteiger partial charge in [-0.25, -0.2) is 0 Å². The highest BCUT2D eigenvalue weighted by Gasteiger charge is 2.15. The predicted octanol–water partition coefficient (Wildman–Crippen LogP) is 1.72. The maximum atomic E-state index is 5.75. The Labute approximate surface area is 114 Å². The standard InChI is InChI=1S/C11H18N2O2.2ClH/c1-11(12,13)7-8-4-5-9(14-2)6-10(8)15-3;;/h4-6H,7,12-13H2,1-3H3;2*1H. The van der Waals surface area contributed by atoms with Gasteiger partial charge in [-0.3, -0.25) is 0 Å². The van der Waals surface area contributed by atoms with Crippen LogP contribution in [0, 0.1) is 0 Å². The van der Waals surface area contributed by atoms with E-state index in [9.17, 15) is 0 Å². The SMILES string of the molecule is COc1ccc(CC(C)(N)N)c(OC)c1.Cl.Cl. The smallest absolute Gasteiger partial charge is 0.125 e. The van der Waals surface area contributed by atoms with Gasteiger partial charge < -0.3 is 20.9 Å². The van der Waals surface area contributed by atoms with Crippen molar-refractivity contribution in [1.82, 2.24) is 0 Å². The van der Waals surface area contributed by atoms with E-state index in [4.69, 9.17) is 20.9 Å². The van der Waals surface area contributed by atoms with Gasteiger partial charge in [0, 0.05) is 12.5 Å². The van der Waals surface area contributed by atoms with Crippen molar-refractivity contribution < 1.29 is 9.47 Å². The number of nitrogens with two attached hydrogens (primary N) is 2. The van der Waals surface area contributed by atoms with Crippen LogP contribution in [0.25, 0.3) is 0 Å². The van der Waals surface area contributed by atoms with Gasteiger partial charge in [-0.1, -0.05) is 6.07 Å². The lowest BCUT2D eigenvalue weighted by Crippen LogP contribution is -2.48. The third-order valence-electron chi connectivity index (χ3n) is 2.07. The van der Waals surface area contributed by atoms with Crippen LogP contribution in [0.1, 0.15) is 12.5 Å². The molecule has 1 rings (SSSR count). The van der Waals surface area contributed by atoms with Gasteiger partial charge in [-0.05, 0) is 18.6 Å². The van der Waals surface area contributed by atoms with Crippen LogP contribution in [-0.4, -0.2) is 19.9 Å². The van der Waals surface area contributed by atoms with Crippen molar-refractivity contribution in [3.05, 3.63) is 23.8 Å². The van der Waals surface area contributed by atoms with Gasteiger partial charge in [-0.2, -0.15) is 0 Å². The summed E-state index contributed by atoms with van der Waals surface area (Å²) in [5, 5.41) is 0. The summed E-state index contributed by atoms with van der Waals surface area (Å²) < 4.78 is 10.3. The van der Waals surface area contributed by atoms with E-state index in [1.54, 1.807) is 21.1 Å². The molecule has 1 aromatic carbocycles. The van der Waals surface area contributed by atoms with Crippen molar-refractivity contribution in [2.45, 2.75) is 19.0 Å². The summed E-state index contributed by atoms with van der Waals surface area (Å²) in [6.07, 6.45) is 0.556. The molecule has 0 atom stereocenters. The van der Waals surface area contributed by atoms with E-state index in [1.165, 1.54) is 0 Å². The van der Waals surface area contributed by atoms with Crippen LogP contribution < -0.4 is 20.9 Å². The Kier molecular flexibility index (Phi) is 8.36. The first kappa shape index (κ1) is 18.7. The minimum atomic E-state index is -0.734. The molecule has 17 heavy (non-hydrogen) atoms. The quantitative estimate of drug-likeness (QED) is 0.825. The number of hydrogen-bond acceptors (Lipinski definition) is 4. The van der Waals surface area contributed by atoms with Gasteiger partial charge >= 0.3 is 0 Å². The minimum absolute atomic E-state index is 0. The van der Waals surface area contributed by atoms with E-state index in [1.807, 2.05) is 18.2 Å². The first-order valence-electron chi connectivity index (χ1n) is 4.75. The van der Waals surface area contributed by atoms with Crippen molar-refractivity contribution in [2.75, 3.05) is 14.2 Å². The molecule has 0 aliphatic rings. The second-order valence-corrected chi connectivity index (χ2v) is 3.86. The maximum Gasteiger partial charge on any atom is 0.125 e. The zero-order valence-electron chi connectivity index (χ0n) is 10.2. The Bertz CT molecular complexity index is 341. The average molecular weight is 283 g/mol. The fourth-order valence-electron chi connectivity index (χ4n) is 1.41. The fraction of sp³-hybridized carbons (Fsp3) is 0.455. The Morgan fingerprint density at radius 1 is 1.12 bits per heavy atom. The van der Waals surface area contributed by atoms with Crippen molar-refractivity contribution in [1.29, 1.82) is 0 Å². The molecule has 4 nitrogen and oxygen atoms in total. The molecule has 0 saturated heterocycles. The largest absolute Gasteiger partial charge is 0.497 e. The fourth-order valence-corrected chi connectivity index (χ4v) is 1.41. The van der Waals surface area contributed by atoms with Crippen LogP contribution in [0.15, 0.2) is 18.2 Å². The molecular weight excluding hydrogens is 263 g/mol. The molecule has 0 aliphatic heterocycles. The van der Waals surface area contributed by atoms with Crippen molar-refractivity contribution >= 4 is 24.8 Å². The molecule has 0 amide bonds. The Hall–Kier alpha value is -0.680. The number of hydrogen-bond donors (Lipinski definition) is 2. The van der Waals surface area contributed by atoms with Gasteiger partial charge in [0.2, 0.25) is 0 Å². The van der Waals surface area contributed by atoms with Gasteiger partial charge in [0.1, 0.15) is 11.5 Å². The third-order valence-corrected chi connectivity index (χ3v) is 2.07. The van der Waals surface area contributed by atoms with Crippen LogP contribution in [0.2, 0.25) is 0 Å². The van der Waals surface area contributed by atoms with Crippen LogP contribution in [0.5, 0.6) is 11.5 Å². The highest BCUT2D eigenvalue weighted by Crippen LogP contribution is 2.26. The summed E-state index contributed by atoms with van der Waals surface area (Å²) >= 11 is 0. The molecule has 100 valence electrons. The normalized spacial score (nSPS) is 9.94. The second-order valence-electron chi connectivity index (χ2n) is 3.86. The van der Waals surface area contributed by atoms with Crippen LogP contribution in [0.3, 0.4) is 0 Å². The molecule has 1 aromatic rings. The van der Waals surface area contributed by atoms with E-state index in [0.717, 1.165) is 17.1 Å². The molecule has 4 N–H and O–H groups in total. The van der Waals surface area contributed by atoms with E-state index in [0.29, 0.717) is 6.42 Å². The molecule has 0 heterocycles. The molecular formula is C11H20Cl2N2O2. The summed E-state index contributed by atoms with van der Waals surface area (Å²) in [6.45, 7) is 1.77. The maximum absolute atomic E-state index is 5.75. The van der Waals surface area contributed by atoms with Crippen molar-refractivity contribution in [3.8, 4) is 11.5 Å². The molecule has 0 fully saturated rings. The van der Waals surface area contributed by atoms with Gasteiger partial charge in [-0.15, -0.1) is 24.8 Å². The highest BCUT2D eigenvalue weighted by atomic mass is 35.5. The lowest BCUT2D eigenvalue weighted by Gasteiger charge is -2.20. The molecule has 0 unspecified atom stereocenters. The zero-order chi connectivity index (χ0) is 11.5. The average Bonchev–Trinajstić information content (AvgIpc) is 2.16. The summed E-state index contributed by atoms with van der Waals surface area (Å²) in [7, 11) is 3.23. The van der Waals surface area contributed by atoms with Gasteiger partial charge in [0.25, 0.3) is 0 Å². The lowest BCUT2D eigenvalue weighted by molar-refractivity contribution is 0.385. The predicted molar refractivity (Wildman–Crippen MR) is 74.5 cm³/mol. The van der Waals surface area contributed by atoms with E-state index in [2.05, 4.69) is 0 Å². The second kappa shape index (κ2) is 7.61. The molecule has 0 bridgehead atoms. The Balaban J connectivity index is 0. The molecule has 0 aromatic heterocycles. The topological polar surface area (TPSA) is 70.5 Å². The third kappa shape index (κ3) is 5.98. The summed E-state index contributed by atoms with van der Waals surface area (Å²) in [5.74, 6) is 1.50. The van der Waals surface area contributed by atoms with Crippen LogP contribution >= 0.6 is 24.8 Å². The van der Waals surface area contributed by atoms with Gasteiger partial charge in [0.05, 0.1) is 19.9 Å². The number of rotatable bonds is 4. The first-order valence-corrected chi connectivity index (χ1v) is 4.75. The Morgan fingerprint density at radius 3 is 2.12 bits per heavy atom. The van der Waals surface area contributed by atoms with Crippen molar-refractivity contribution in [2.24, 2.45) is 11.5 Å². The molecule has 0 spiro atoms. The summed E-state index contributed by atoms with van der Waals surface area (Å²) in [5.41, 5.74) is 11.7. The molecule has 0 aliphatic carbocycles. The number of ether oxygens (including phenoxy) is 2. The highest BCUT2D eigenvalue weighted by molar-refractivity contribution is 5.85. The first-order chi connectivity index (χ1) is 6.96. The van der Waals surface area contributed by atoms with Crippen LogP contribution in [-0.2, 0) is 6.42 Å².